The molecule has 1 radical (unpaired) electrons. The van der Waals surface area contributed by atoms with Crippen molar-refractivity contribution in [3.05, 3.63) is 30.3 Å². The molecule has 0 saturated heterocycles. The van der Waals surface area contributed by atoms with Crippen molar-refractivity contribution in [1.82, 2.24) is 0 Å². The maximum atomic E-state index is 11.1. The normalized spacial score (nSPS) is 10.4. The molecule has 0 atom stereocenters. The van der Waals surface area contributed by atoms with E-state index in [0.29, 0.717) is 0 Å². The summed E-state index contributed by atoms with van der Waals surface area (Å²) in [6, 6.07) is 6.78. The molecule has 7 nitrogen and oxygen atoms in total. The van der Waals surface area contributed by atoms with Crippen LogP contribution < -0.4 is 0 Å². The fourth-order valence-electron chi connectivity index (χ4n) is 1.62. The average Bonchev–Trinajstić information content (AvgIpc) is 2.28. The van der Waals surface area contributed by atoms with E-state index < -0.39 is 10.1 Å². The van der Waals surface area contributed by atoms with Crippen LogP contribution in [-0.2, 0) is 10.1 Å². The summed E-state index contributed by atoms with van der Waals surface area (Å²) in [5.74, 6) is -0.289. The number of rotatable bonds is 2. The van der Waals surface area contributed by atoms with Gasteiger partial charge in [0.15, 0.2) is 5.75 Å². The number of aromatic hydroxyl groups is 1. The smallest absolute Gasteiger partial charge is 0.295 e. The minimum Gasteiger partial charge on any atom is -0.505 e. The minimum absolute atomic E-state index is 0. The number of fused-ring (bicyclic) bond motifs is 1. The third-order valence-electron chi connectivity index (χ3n) is 2.37. The van der Waals surface area contributed by atoms with Gasteiger partial charge in [-0.2, -0.15) is 13.5 Å². The molecule has 0 amide bonds. The molecule has 2 aromatic rings. The largest absolute Gasteiger partial charge is 0.505 e. The second kappa shape index (κ2) is 6.42. The maximum absolute atomic E-state index is 11.1. The van der Waals surface area contributed by atoms with E-state index in [4.69, 9.17) is 10.1 Å². The van der Waals surface area contributed by atoms with Crippen molar-refractivity contribution in [3.63, 3.8) is 0 Å². The Bertz CT molecular complexity index is 717. The first-order valence-corrected chi connectivity index (χ1v) is 5.99. The fourth-order valence-corrected chi connectivity index (χ4v) is 2.32. The van der Waals surface area contributed by atoms with Gasteiger partial charge in [-0.25, -0.2) is 5.53 Å². The number of nitrogens with zero attached hydrogens (tertiary/aromatic N) is 1. The standard InChI is InChI=1S/C10H8N2O4S.Na.H2O/c11-12-8-5-4-6-7(10(8)13)2-1-3-9(6)17(14,15)16;;/h1-5,11,13H,(H,14,15,16);;1H2. The van der Waals surface area contributed by atoms with E-state index in [1.165, 1.54) is 30.3 Å². The molecule has 5 N–H and O–H groups in total. The molecular weight excluding hydrogens is 283 g/mol. The molecule has 0 fully saturated rings. The Morgan fingerprint density at radius 2 is 1.74 bits per heavy atom. The van der Waals surface area contributed by atoms with Crippen molar-refractivity contribution >= 4 is 56.1 Å². The van der Waals surface area contributed by atoms with Gasteiger partial charge in [0.05, 0.1) is 0 Å². The number of hydrogen-bond acceptors (Lipinski definition) is 5. The van der Waals surface area contributed by atoms with Crippen molar-refractivity contribution in [2.45, 2.75) is 4.90 Å². The molecule has 0 heterocycles. The van der Waals surface area contributed by atoms with Crippen LogP contribution in [0.4, 0.5) is 5.69 Å². The molecule has 0 unspecified atom stereocenters. The molecule has 9 heteroatoms. The van der Waals surface area contributed by atoms with Crippen LogP contribution in [0.25, 0.3) is 10.8 Å². The molecule has 0 bridgehead atoms. The molecule has 19 heavy (non-hydrogen) atoms. The average molecular weight is 293 g/mol. The molecule has 2 aromatic carbocycles. The summed E-state index contributed by atoms with van der Waals surface area (Å²) >= 11 is 0. The number of phenols is 1. The number of phenolic OH excluding ortho intramolecular Hbond substituents is 1. The van der Waals surface area contributed by atoms with E-state index in [1.807, 2.05) is 0 Å². The number of nitrogens with one attached hydrogen (secondary N) is 1. The van der Waals surface area contributed by atoms with Crippen molar-refractivity contribution in [1.29, 1.82) is 5.53 Å². The predicted molar refractivity (Wildman–Crippen MR) is 69.6 cm³/mol. The molecule has 0 aliphatic heterocycles. The van der Waals surface area contributed by atoms with Gasteiger partial charge in [0.2, 0.25) is 0 Å². The second-order valence-corrected chi connectivity index (χ2v) is 4.76. The van der Waals surface area contributed by atoms with Gasteiger partial charge in [0.25, 0.3) is 10.1 Å². The van der Waals surface area contributed by atoms with Gasteiger partial charge in [-0.1, -0.05) is 18.2 Å². The number of benzene rings is 2. The molecule has 0 aliphatic rings. The van der Waals surface area contributed by atoms with Crippen LogP contribution in [-0.4, -0.2) is 53.1 Å². The molecular formula is C10H10N2NaO5S. The summed E-state index contributed by atoms with van der Waals surface area (Å²) in [6.07, 6.45) is 0. The molecule has 0 spiro atoms. The van der Waals surface area contributed by atoms with E-state index in [1.54, 1.807) is 0 Å². The first kappa shape index (κ1) is 18.0. The van der Waals surface area contributed by atoms with Gasteiger partial charge < -0.3 is 10.6 Å². The monoisotopic (exact) mass is 293 g/mol. The zero-order valence-corrected chi connectivity index (χ0v) is 12.8. The van der Waals surface area contributed by atoms with E-state index in [-0.39, 0.29) is 62.1 Å². The summed E-state index contributed by atoms with van der Waals surface area (Å²) in [4.78, 5) is -0.290. The SMILES string of the molecule is N=Nc1ccc2c(S(=O)(=O)O)cccc2c1O.O.[Na]. The van der Waals surface area contributed by atoms with Gasteiger partial charge in [-0.05, 0) is 12.1 Å². The molecule has 0 aliphatic carbocycles. The molecule has 97 valence electrons. The van der Waals surface area contributed by atoms with E-state index in [0.717, 1.165) is 0 Å². The Morgan fingerprint density at radius 1 is 1.11 bits per heavy atom. The maximum Gasteiger partial charge on any atom is 0.295 e. The van der Waals surface area contributed by atoms with Crippen LogP contribution >= 0.6 is 0 Å². The van der Waals surface area contributed by atoms with Gasteiger partial charge >= 0.3 is 0 Å². The summed E-state index contributed by atoms with van der Waals surface area (Å²) in [5, 5.41) is 13.2. The van der Waals surface area contributed by atoms with Gasteiger partial charge in [0, 0.05) is 40.3 Å². The molecule has 0 saturated carbocycles. The van der Waals surface area contributed by atoms with Gasteiger partial charge in [-0.15, -0.1) is 0 Å². The first-order chi connectivity index (χ1) is 7.95. The zero-order chi connectivity index (χ0) is 12.6. The second-order valence-electron chi connectivity index (χ2n) is 3.37. The van der Waals surface area contributed by atoms with E-state index in [2.05, 4.69) is 5.11 Å². The molecule has 2 rings (SSSR count). The Labute approximate surface area is 131 Å². The zero-order valence-electron chi connectivity index (χ0n) is 9.95. The Balaban J connectivity index is 0.00000162. The first-order valence-electron chi connectivity index (χ1n) is 4.55. The van der Waals surface area contributed by atoms with Crippen molar-refractivity contribution < 1.29 is 23.6 Å². The van der Waals surface area contributed by atoms with Crippen LogP contribution in [0.3, 0.4) is 0 Å². The number of hydrogen-bond donors (Lipinski definition) is 3. The summed E-state index contributed by atoms with van der Waals surface area (Å²) < 4.78 is 31.3. The van der Waals surface area contributed by atoms with Crippen LogP contribution in [0.15, 0.2) is 40.3 Å². The van der Waals surface area contributed by atoms with Gasteiger partial charge in [-0.3, -0.25) is 4.55 Å². The van der Waals surface area contributed by atoms with Crippen LogP contribution in [0.1, 0.15) is 0 Å². The van der Waals surface area contributed by atoms with Crippen molar-refractivity contribution in [2.24, 2.45) is 5.11 Å². The van der Waals surface area contributed by atoms with E-state index in [9.17, 15) is 13.5 Å². The quantitative estimate of drug-likeness (QED) is 0.435. The summed E-state index contributed by atoms with van der Waals surface area (Å²) in [5.41, 5.74) is 6.87. The Morgan fingerprint density at radius 3 is 2.26 bits per heavy atom. The predicted octanol–water partition coefficient (Wildman–Crippen LogP) is 1.25. The van der Waals surface area contributed by atoms with Crippen molar-refractivity contribution in [3.8, 4) is 5.75 Å². The Kier molecular flexibility index (Phi) is 6.07. The summed E-state index contributed by atoms with van der Waals surface area (Å²) in [6.45, 7) is 0. The van der Waals surface area contributed by atoms with Gasteiger partial charge in [0.1, 0.15) is 10.6 Å². The van der Waals surface area contributed by atoms with Crippen LogP contribution in [0.2, 0.25) is 0 Å². The van der Waals surface area contributed by atoms with E-state index >= 15 is 0 Å². The van der Waals surface area contributed by atoms with Crippen molar-refractivity contribution in [2.75, 3.05) is 0 Å². The third kappa shape index (κ3) is 3.30. The van der Waals surface area contributed by atoms with Crippen LogP contribution in [0, 0.1) is 5.53 Å². The molecule has 0 aromatic heterocycles. The van der Waals surface area contributed by atoms with Crippen LogP contribution in [0.5, 0.6) is 5.75 Å². The fraction of sp³-hybridized carbons (Fsp3) is 0. The summed E-state index contributed by atoms with van der Waals surface area (Å²) in [7, 11) is -4.35. The minimum atomic E-state index is -4.35. The topological polar surface area (TPSA) is 142 Å². The Hall–Kier alpha value is -1.03. The third-order valence-corrected chi connectivity index (χ3v) is 3.28.